The van der Waals surface area contributed by atoms with Crippen LogP contribution in [-0.4, -0.2) is 12.6 Å². The summed E-state index contributed by atoms with van der Waals surface area (Å²) in [6, 6.07) is 0.715. The molecule has 1 heteroatoms. The predicted molar refractivity (Wildman–Crippen MR) is 68.0 cm³/mol. The molecule has 1 fully saturated rings. The van der Waals surface area contributed by atoms with Gasteiger partial charge in [-0.25, -0.2) is 0 Å². The molecule has 0 aromatic heterocycles. The van der Waals surface area contributed by atoms with E-state index in [1.165, 1.54) is 12.8 Å². The molecule has 1 saturated carbocycles. The normalized spacial score (nSPS) is 32.2. The van der Waals surface area contributed by atoms with Crippen molar-refractivity contribution in [1.82, 2.24) is 5.32 Å². The van der Waals surface area contributed by atoms with Crippen LogP contribution in [0.4, 0.5) is 0 Å². The summed E-state index contributed by atoms with van der Waals surface area (Å²) in [5.41, 5.74) is 0.562. The number of nitrogens with one attached hydrogen (secondary N) is 1. The van der Waals surface area contributed by atoms with E-state index in [0.717, 1.165) is 24.3 Å². The highest BCUT2D eigenvalue weighted by molar-refractivity contribution is 4.93. The summed E-state index contributed by atoms with van der Waals surface area (Å²) < 4.78 is 0. The SMILES string of the molecule is CCNC(C(C)C)C1CC(C)(C)CC1C. The maximum Gasteiger partial charge on any atom is 0.0121 e. The molecule has 3 atom stereocenters. The van der Waals surface area contributed by atoms with E-state index in [4.69, 9.17) is 0 Å². The largest absolute Gasteiger partial charge is 0.314 e. The smallest absolute Gasteiger partial charge is 0.0121 e. The fourth-order valence-corrected chi connectivity index (χ4v) is 3.54. The molecule has 0 aromatic rings. The molecule has 1 rings (SSSR count). The molecule has 0 radical (unpaired) electrons. The zero-order chi connectivity index (χ0) is 11.6. The molecule has 0 bridgehead atoms. The summed E-state index contributed by atoms with van der Waals surface area (Å²) in [4.78, 5) is 0. The van der Waals surface area contributed by atoms with E-state index in [-0.39, 0.29) is 0 Å². The predicted octanol–water partition coefficient (Wildman–Crippen LogP) is 3.69. The van der Waals surface area contributed by atoms with Crippen molar-refractivity contribution in [2.75, 3.05) is 6.54 Å². The Morgan fingerprint density at radius 3 is 2.20 bits per heavy atom. The van der Waals surface area contributed by atoms with Gasteiger partial charge < -0.3 is 5.32 Å². The third kappa shape index (κ3) is 3.21. The third-order valence-electron chi connectivity index (χ3n) is 4.01. The van der Waals surface area contributed by atoms with Crippen molar-refractivity contribution < 1.29 is 0 Å². The van der Waals surface area contributed by atoms with E-state index in [1.807, 2.05) is 0 Å². The molecule has 3 unspecified atom stereocenters. The number of hydrogen-bond acceptors (Lipinski definition) is 1. The molecule has 0 saturated heterocycles. The minimum atomic E-state index is 0.562. The van der Waals surface area contributed by atoms with Gasteiger partial charge in [-0.05, 0) is 42.6 Å². The first-order valence-corrected chi connectivity index (χ1v) is 6.60. The Morgan fingerprint density at radius 1 is 1.27 bits per heavy atom. The molecule has 0 aromatic carbocycles. The van der Waals surface area contributed by atoms with Crippen LogP contribution in [0, 0.1) is 23.2 Å². The lowest BCUT2D eigenvalue weighted by molar-refractivity contribution is 0.238. The van der Waals surface area contributed by atoms with Gasteiger partial charge >= 0.3 is 0 Å². The van der Waals surface area contributed by atoms with Gasteiger partial charge in [0, 0.05) is 6.04 Å². The summed E-state index contributed by atoms with van der Waals surface area (Å²) >= 11 is 0. The van der Waals surface area contributed by atoms with Crippen LogP contribution in [0.25, 0.3) is 0 Å². The Hall–Kier alpha value is -0.0400. The van der Waals surface area contributed by atoms with Crippen molar-refractivity contribution >= 4 is 0 Å². The molecule has 0 spiro atoms. The Bertz CT molecular complexity index is 196. The van der Waals surface area contributed by atoms with Crippen LogP contribution in [0.2, 0.25) is 0 Å². The van der Waals surface area contributed by atoms with E-state index in [2.05, 4.69) is 46.9 Å². The lowest BCUT2D eigenvalue weighted by atomic mass is 9.83. The summed E-state index contributed by atoms with van der Waals surface area (Å²) in [5, 5.41) is 3.69. The average Bonchev–Trinajstić information content (AvgIpc) is 2.35. The second kappa shape index (κ2) is 4.86. The summed E-state index contributed by atoms with van der Waals surface area (Å²) in [7, 11) is 0. The van der Waals surface area contributed by atoms with Gasteiger partial charge in [0.2, 0.25) is 0 Å². The highest BCUT2D eigenvalue weighted by atomic mass is 14.9. The van der Waals surface area contributed by atoms with Crippen LogP contribution in [0.3, 0.4) is 0 Å². The quantitative estimate of drug-likeness (QED) is 0.748. The molecule has 90 valence electrons. The van der Waals surface area contributed by atoms with Gasteiger partial charge in [0.15, 0.2) is 0 Å². The van der Waals surface area contributed by atoms with Crippen molar-refractivity contribution in [3.8, 4) is 0 Å². The summed E-state index contributed by atoms with van der Waals surface area (Å²) in [6.07, 6.45) is 2.79. The molecule has 1 aliphatic rings. The van der Waals surface area contributed by atoms with Crippen molar-refractivity contribution in [3.63, 3.8) is 0 Å². The van der Waals surface area contributed by atoms with E-state index >= 15 is 0 Å². The first-order chi connectivity index (χ1) is 6.87. The topological polar surface area (TPSA) is 12.0 Å². The molecule has 1 nitrogen and oxygen atoms in total. The zero-order valence-electron chi connectivity index (χ0n) is 11.4. The van der Waals surface area contributed by atoms with Crippen LogP contribution in [-0.2, 0) is 0 Å². The fourth-order valence-electron chi connectivity index (χ4n) is 3.54. The standard InChI is InChI=1S/C14H29N/c1-7-15-13(10(2)3)12-9-14(5,6)8-11(12)4/h10-13,15H,7-9H2,1-6H3. The Kier molecular flexibility index (Phi) is 4.22. The maximum atomic E-state index is 3.69. The molecule has 0 heterocycles. The van der Waals surface area contributed by atoms with Crippen molar-refractivity contribution in [2.24, 2.45) is 23.2 Å². The van der Waals surface area contributed by atoms with Gasteiger partial charge in [-0.3, -0.25) is 0 Å². The maximum absolute atomic E-state index is 3.69. The second-order valence-corrected chi connectivity index (χ2v) is 6.54. The fraction of sp³-hybridized carbons (Fsp3) is 1.00. The van der Waals surface area contributed by atoms with Gasteiger partial charge in [0.1, 0.15) is 0 Å². The van der Waals surface area contributed by atoms with E-state index in [1.54, 1.807) is 0 Å². The number of hydrogen-bond donors (Lipinski definition) is 1. The molecule has 0 amide bonds. The lowest BCUT2D eigenvalue weighted by Gasteiger charge is -2.31. The van der Waals surface area contributed by atoms with Crippen molar-refractivity contribution in [3.05, 3.63) is 0 Å². The number of rotatable bonds is 4. The summed E-state index contributed by atoms with van der Waals surface area (Å²) in [5.74, 6) is 2.51. The first kappa shape index (κ1) is 13.0. The average molecular weight is 211 g/mol. The Morgan fingerprint density at radius 2 is 1.87 bits per heavy atom. The zero-order valence-corrected chi connectivity index (χ0v) is 11.4. The lowest BCUT2D eigenvalue weighted by Crippen LogP contribution is -2.41. The van der Waals surface area contributed by atoms with E-state index < -0.39 is 0 Å². The monoisotopic (exact) mass is 211 g/mol. The van der Waals surface area contributed by atoms with Gasteiger partial charge in [0.25, 0.3) is 0 Å². The molecule has 1 aliphatic carbocycles. The van der Waals surface area contributed by atoms with Gasteiger partial charge in [-0.1, -0.05) is 41.5 Å². The van der Waals surface area contributed by atoms with Crippen molar-refractivity contribution in [1.29, 1.82) is 0 Å². The van der Waals surface area contributed by atoms with Crippen LogP contribution < -0.4 is 5.32 Å². The van der Waals surface area contributed by atoms with Crippen molar-refractivity contribution in [2.45, 2.75) is 60.4 Å². The molecular weight excluding hydrogens is 182 g/mol. The van der Waals surface area contributed by atoms with Crippen LogP contribution in [0.1, 0.15) is 54.4 Å². The van der Waals surface area contributed by atoms with E-state index in [9.17, 15) is 0 Å². The van der Waals surface area contributed by atoms with Crippen LogP contribution in [0.15, 0.2) is 0 Å². The van der Waals surface area contributed by atoms with Gasteiger partial charge in [0.05, 0.1) is 0 Å². The highest BCUT2D eigenvalue weighted by Gasteiger charge is 2.40. The highest BCUT2D eigenvalue weighted by Crippen LogP contribution is 2.47. The Labute approximate surface area is 96.0 Å². The Balaban J connectivity index is 2.68. The molecule has 1 N–H and O–H groups in total. The summed E-state index contributed by atoms with van der Waals surface area (Å²) in [6.45, 7) is 15.3. The molecular formula is C14H29N. The third-order valence-corrected chi connectivity index (χ3v) is 4.01. The van der Waals surface area contributed by atoms with Crippen LogP contribution in [0.5, 0.6) is 0 Å². The second-order valence-electron chi connectivity index (χ2n) is 6.54. The van der Waals surface area contributed by atoms with Gasteiger partial charge in [-0.15, -0.1) is 0 Å². The van der Waals surface area contributed by atoms with Crippen LogP contribution >= 0.6 is 0 Å². The molecule has 15 heavy (non-hydrogen) atoms. The van der Waals surface area contributed by atoms with Gasteiger partial charge in [-0.2, -0.15) is 0 Å². The first-order valence-electron chi connectivity index (χ1n) is 6.60. The van der Waals surface area contributed by atoms with E-state index in [0.29, 0.717) is 11.5 Å². The minimum Gasteiger partial charge on any atom is -0.314 e. The minimum absolute atomic E-state index is 0.562. The molecule has 0 aliphatic heterocycles.